The lowest BCUT2D eigenvalue weighted by atomic mass is 10.2. The molecular formula is C19H25N3O4S. The van der Waals surface area contributed by atoms with Crippen molar-refractivity contribution in [1.82, 2.24) is 9.29 Å². The van der Waals surface area contributed by atoms with E-state index in [4.69, 9.17) is 9.47 Å². The lowest BCUT2D eigenvalue weighted by molar-refractivity contribution is 0.0730. The van der Waals surface area contributed by atoms with Crippen molar-refractivity contribution in [3.63, 3.8) is 0 Å². The lowest BCUT2D eigenvalue weighted by Gasteiger charge is -2.26. The minimum Gasteiger partial charge on any atom is -0.492 e. The number of benzene rings is 1. The molecule has 2 aromatic rings. The van der Waals surface area contributed by atoms with Gasteiger partial charge in [0.1, 0.15) is 23.1 Å². The van der Waals surface area contributed by atoms with Crippen molar-refractivity contribution >= 4 is 15.8 Å². The summed E-state index contributed by atoms with van der Waals surface area (Å²) in [7, 11) is -1.61. The fourth-order valence-electron chi connectivity index (χ4n) is 2.81. The predicted octanol–water partition coefficient (Wildman–Crippen LogP) is 1.93. The number of aryl methyl sites for hydroxylation is 1. The van der Waals surface area contributed by atoms with Crippen molar-refractivity contribution in [2.24, 2.45) is 0 Å². The van der Waals surface area contributed by atoms with Gasteiger partial charge in [-0.1, -0.05) is 12.1 Å². The Kier molecular flexibility index (Phi) is 6.30. The first kappa shape index (κ1) is 19.6. The average Bonchev–Trinajstić information content (AvgIpc) is 2.69. The highest BCUT2D eigenvalue weighted by Gasteiger charge is 2.26. The van der Waals surface area contributed by atoms with E-state index in [1.54, 1.807) is 12.1 Å². The molecule has 3 rings (SSSR count). The molecule has 0 amide bonds. The van der Waals surface area contributed by atoms with Crippen LogP contribution in [0, 0.1) is 6.92 Å². The molecule has 1 aromatic heterocycles. The second-order valence-corrected chi connectivity index (χ2v) is 8.39. The van der Waals surface area contributed by atoms with Crippen LogP contribution in [0.4, 0.5) is 5.82 Å². The predicted molar refractivity (Wildman–Crippen MR) is 104 cm³/mol. The van der Waals surface area contributed by atoms with Crippen LogP contribution in [-0.2, 0) is 14.8 Å². The van der Waals surface area contributed by atoms with Crippen molar-refractivity contribution < 1.29 is 17.9 Å². The first-order chi connectivity index (χ1) is 13.0. The molecule has 1 aromatic carbocycles. The number of aromatic nitrogens is 1. The van der Waals surface area contributed by atoms with Crippen LogP contribution in [0.2, 0.25) is 0 Å². The normalized spacial score (nSPS) is 15.5. The minimum absolute atomic E-state index is 0.206. The van der Waals surface area contributed by atoms with E-state index in [2.05, 4.69) is 4.98 Å². The van der Waals surface area contributed by atoms with E-state index in [1.807, 2.05) is 43.1 Å². The maximum Gasteiger partial charge on any atom is 0.244 e. The zero-order valence-electron chi connectivity index (χ0n) is 15.7. The summed E-state index contributed by atoms with van der Waals surface area (Å²) in [6.45, 7) is 4.77. The van der Waals surface area contributed by atoms with Gasteiger partial charge in [0.2, 0.25) is 10.0 Å². The second kappa shape index (κ2) is 8.69. The van der Waals surface area contributed by atoms with Crippen LogP contribution in [0.25, 0.3) is 0 Å². The number of sulfonamides is 1. The van der Waals surface area contributed by atoms with Crippen molar-refractivity contribution in [1.29, 1.82) is 0 Å². The number of pyridine rings is 1. The summed E-state index contributed by atoms with van der Waals surface area (Å²) in [5.41, 5.74) is 1.15. The number of likely N-dealkylation sites (N-methyl/N-ethyl adjacent to an activating group) is 1. The number of morpholine rings is 1. The molecule has 146 valence electrons. The Hall–Kier alpha value is -2.16. The maximum atomic E-state index is 12.6. The quantitative estimate of drug-likeness (QED) is 0.718. The van der Waals surface area contributed by atoms with Gasteiger partial charge in [0.25, 0.3) is 0 Å². The number of hydrogen-bond acceptors (Lipinski definition) is 6. The van der Waals surface area contributed by atoms with Crippen LogP contribution in [0.3, 0.4) is 0 Å². The van der Waals surface area contributed by atoms with Crippen LogP contribution in [0.5, 0.6) is 5.75 Å². The highest BCUT2D eigenvalue weighted by atomic mass is 32.2. The third kappa shape index (κ3) is 4.97. The maximum absolute atomic E-state index is 12.6. The fraction of sp³-hybridized carbons (Fsp3) is 0.421. The van der Waals surface area contributed by atoms with Crippen molar-refractivity contribution in [3.8, 4) is 5.75 Å². The van der Waals surface area contributed by atoms with E-state index in [9.17, 15) is 8.42 Å². The summed E-state index contributed by atoms with van der Waals surface area (Å²) in [5.74, 6) is 1.53. The molecule has 0 aliphatic carbocycles. The molecule has 0 spiro atoms. The summed E-state index contributed by atoms with van der Waals surface area (Å²) in [6.07, 6.45) is 1.41. The van der Waals surface area contributed by atoms with Crippen LogP contribution in [0.15, 0.2) is 47.5 Å². The molecule has 7 nitrogen and oxygen atoms in total. The van der Waals surface area contributed by atoms with Crippen LogP contribution < -0.4 is 9.64 Å². The van der Waals surface area contributed by atoms with Gasteiger partial charge >= 0.3 is 0 Å². The number of ether oxygens (including phenoxy) is 2. The fourth-order valence-corrected chi connectivity index (χ4v) is 4.16. The molecular weight excluding hydrogens is 366 g/mol. The third-order valence-corrected chi connectivity index (χ3v) is 6.29. The van der Waals surface area contributed by atoms with Gasteiger partial charge in [-0.15, -0.1) is 0 Å². The Morgan fingerprint density at radius 2 is 2.00 bits per heavy atom. The van der Waals surface area contributed by atoms with Crippen LogP contribution in [0.1, 0.15) is 5.56 Å². The number of hydrogen-bond donors (Lipinski definition) is 0. The minimum atomic E-state index is -3.51. The van der Waals surface area contributed by atoms with E-state index in [0.29, 0.717) is 45.3 Å². The molecule has 2 heterocycles. The van der Waals surface area contributed by atoms with Gasteiger partial charge in [0, 0.05) is 26.3 Å². The Morgan fingerprint density at radius 3 is 2.67 bits per heavy atom. The molecule has 0 N–H and O–H groups in total. The molecule has 0 unspecified atom stereocenters. The largest absolute Gasteiger partial charge is 0.492 e. The standard InChI is InChI=1S/C19H25N3O4S/c1-16-4-3-5-17(14-16)26-13-8-21(2)19-7-6-18(15-20-19)27(23,24)22-9-11-25-12-10-22/h3-7,14-15H,8-13H2,1-2H3. The molecule has 0 radical (unpaired) electrons. The highest BCUT2D eigenvalue weighted by Crippen LogP contribution is 2.19. The Bertz CT molecular complexity index is 850. The van der Waals surface area contributed by atoms with Crippen LogP contribution >= 0.6 is 0 Å². The van der Waals surface area contributed by atoms with E-state index in [-0.39, 0.29) is 4.90 Å². The summed E-state index contributed by atoms with van der Waals surface area (Å²) in [4.78, 5) is 6.45. The van der Waals surface area contributed by atoms with E-state index in [1.165, 1.54) is 10.5 Å². The highest BCUT2D eigenvalue weighted by molar-refractivity contribution is 7.89. The monoisotopic (exact) mass is 391 g/mol. The summed E-state index contributed by atoms with van der Waals surface area (Å²) >= 11 is 0. The van der Waals surface area contributed by atoms with Gasteiger partial charge in [-0.05, 0) is 36.8 Å². The Morgan fingerprint density at radius 1 is 1.22 bits per heavy atom. The molecule has 0 bridgehead atoms. The van der Waals surface area contributed by atoms with E-state index >= 15 is 0 Å². The molecule has 1 fully saturated rings. The van der Waals surface area contributed by atoms with Crippen molar-refractivity contribution in [2.75, 3.05) is 51.4 Å². The van der Waals surface area contributed by atoms with Gasteiger partial charge < -0.3 is 14.4 Å². The third-order valence-electron chi connectivity index (χ3n) is 4.40. The average molecular weight is 391 g/mol. The summed E-state index contributed by atoms with van der Waals surface area (Å²) in [6, 6.07) is 11.2. The van der Waals surface area contributed by atoms with E-state index < -0.39 is 10.0 Å². The van der Waals surface area contributed by atoms with Crippen molar-refractivity contribution in [3.05, 3.63) is 48.2 Å². The zero-order chi connectivity index (χ0) is 19.3. The number of anilines is 1. The first-order valence-electron chi connectivity index (χ1n) is 8.91. The SMILES string of the molecule is Cc1cccc(OCCN(C)c2ccc(S(=O)(=O)N3CCOCC3)cn2)c1. The van der Waals surface area contributed by atoms with Crippen LogP contribution in [-0.4, -0.2) is 64.2 Å². The molecule has 8 heteroatoms. The van der Waals surface area contributed by atoms with Gasteiger partial charge in [-0.3, -0.25) is 0 Å². The van der Waals surface area contributed by atoms with Gasteiger partial charge in [-0.2, -0.15) is 4.31 Å². The smallest absolute Gasteiger partial charge is 0.244 e. The molecule has 27 heavy (non-hydrogen) atoms. The Balaban J connectivity index is 1.57. The molecule has 1 aliphatic heterocycles. The lowest BCUT2D eigenvalue weighted by Crippen LogP contribution is -2.40. The topological polar surface area (TPSA) is 72.0 Å². The van der Waals surface area contributed by atoms with Crippen molar-refractivity contribution in [2.45, 2.75) is 11.8 Å². The molecule has 0 saturated carbocycles. The van der Waals surface area contributed by atoms with Gasteiger partial charge in [0.15, 0.2) is 0 Å². The first-order valence-corrected chi connectivity index (χ1v) is 10.4. The van der Waals surface area contributed by atoms with Gasteiger partial charge in [0.05, 0.1) is 19.8 Å². The van der Waals surface area contributed by atoms with E-state index in [0.717, 1.165) is 11.3 Å². The second-order valence-electron chi connectivity index (χ2n) is 6.46. The summed E-state index contributed by atoms with van der Waals surface area (Å²) < 4.78 is 37.6. The molecule has 1 aliphatic rings. The number of nitrogens with zero attached hydrogens (tertiary/aromatic N) is 3. The zero-order valence-corrected chi connectivity index (χ0v) is 16.5. The van der Waals surface area contributed by atoms with Gasteiger partial charge in [-0.25, -0.2) is 13.4 Å². The summed E-state index contributed by atoms with van der Waals surface area (Å²) in [5, 5.41) is 0. The number of rotatable bonds is 7. The molecule has 0 atom stereocenters. The Labute approximate surface area is 160 Å². The molecule has 1 saturated heterocycles.